The molecule has 1 aromatic rings. The van der Waals surface area contributed by atoms with Crippen LogP contribution >= 0.6 is 0 Å². The van der Waals surface area contributed by atoms with Gasteiger partial charge >= 0.3 is 12.1 Å². The van der Waals surface area contributed by atoms with E-state index in [9.17, 15) is 19.1 Å². The summed E-state index contributed by atoms with van der Waals surface area (Å²) in [6.07, 6.45) is -4.49. The molecule has 1 saturated heterocycles. The quantitative estimate of drug-likeness (QED) is 0.856. The van der Waals surface area contributed by atoms with Gasteiger partial charge in [0.15, 0.2) is 6.04 Å². The number of rotatable bonds is 3. The van der Waals surface area contributed by atoms with Crippen molar-refractivity contribution < 1.29 is 28.9 Å². The van der Waals surface area contributed by atoms with Crippen molar-refractivity contribution in [2.24, 2.45) is 0 Å². The first-order valence-electron chi connectivity index (χ1n) is 6.03. The van der Waals surface area contributed by atoms with Crippen LogP contribution in [0.1, 0.15) is 5.56 Å². The van der Waals surface area contributed by atoms with Crippen LogP contribution in [0, 0.1) is 0 Å². The van der Waals surface area contributed by atoms with Crippen molar-refractivity contribution in [1.82, 2.24) is 4.90 Å². The molecular weight excluding hydrogens is 269 g/mol. The summed E-state index contributed by atoms with van der Waals surface area (Å²) in [6.45, 7) is -0.540. The SMILES string of the molecule is O=C(O)[C@@H]1[C@H](O)[C@@H](F)CN1C(=O)OCc1ccccc1. The molecule has 0 aromatic heterocycles. The van der Waals surface area contributed by atoms with Crippen molar-refractivity contribution in [3.05, 3.63) is 35.9 Å². The summed E-state index contributed by atoms with van der Waals surface area (Å²) in [5, 5.41) is 18.4. The number of ether oxygens (including phenoxy) is 1. The molecule has 1 amide bonds. The van der Waals surface area contributed by atoms with Gasteiger partial charge in [0.1, 0.15) is 18.9 Å². The Morgan fingerprint density at radius 1 is 1.35 bits per heavy atom. The Labute approximate surface area is 114 Å². The van der Waals surface area contributed by atoms with Crippen molar-refractivity contribution in [3.63, 3.8) is 0 Å². The van der Waals surface area contributed by atoms with Crippen molar-refractivity contribution in [1.29, 1.82) is 0 Å². The average Bonchev–Trinajstić information content (AvgIpc) is 2.73. The second-order valence-corrected chi connectivity index (χ2v) is 4.48. The normalized spacial score (nSPS) is 25.5. The van der Waals surface area contributed by atoms with Crippen LogP contribution in [0.3, 0.4) is 0 Å². The molecular formula is C13H14FNO5. The van der Waals surface area contributed by atoms with Gasteiger partial charge in [0, 0.05) is 0 Å². The summed E-state index contributed by atoms with van der Waals surface area (Å²) < 4.78 is 18.3. The Bertz CT molecular complexity index is 495. The summed E-state index contributed by atoms with van der Waals surface area (Å²) in [7, 11) is 0. The second kappa shape index (κ2) is 5.87. The number of aliphatic hydroxyl groups excluding tert-OH is 1. The number of likely N-dealkylation sites (tertiary alicyclic amines) is 1. The summed E-state index contributed by atoms with van der Waals surface area (Å²) >= 11 is 0. The molecule has 1 aliphatic rings. The Kier molecular flexibility index (Phi) is 4.19. The van der Waals surface area contributed by atoms with Crippen LogP contribution in [0.2, 0.25) is 0 Å². The van der Waals surface area contributed by atoms with E-state index in [2.05, 4.69) is 0 Å². The predicted octanol–water partition coefficient (Wildman–Crippen LogP) is 0.791. The molecule has 1 aromatic carbocycles. The molecule has 1 fully saturated rings. The third kappa shape index (κ3) is 2.88. The molecule has 7 heteroatoms. The smallest absolute Gasteiger partial charge is 0.411 e. The van der Waals surface area contributed by atoms with Gasteiger partial charge in [0.05, 0.1) is 6.54 Å². The third-order valence-corrected chi connectivity index (χ3v) is 3.09. The monoisotopic (exact) mass is 283 g/mol. The number of carboxylic acids is 1. The van der Waals surface area contributed by atoms with Crippen molar-refractivity contribution in [2.45, 2.75) is 24.9 Å². The van der Waals surface area contributed by atoms with Gasteiger partial charge in [-0.1, -0.05) is 30.3 Å². The van der Waals surface area contributed by atoms with Gasteiger partial charge in [-0.2, -0.15) is 0 Å². The van der Waals surface area contributed by atoms with E-state index in [1.54, 1.807) is 30.3 Å². The van der Waals surface area contributed by atoms with Gasteiger partial charge in [-0.05, 0) is 5.56 Å². The Balaban J connectivity index is 1.99. The summed E-state index contributed by atoms with van der Waals surface area (Å²) in [5.41, 5.74) is 0.726. The standard InChI is InChI=1S/C13H14FNO5/c14-9-6-15(10(11(9)16)12(17)18)13(19)20-7-8-4-2-1-3-5-8/h1-5,9-11,16H,6-7H2,(H,17,18)/t9-,10-,11+/m0/s1. The van der Waals surface area contributed by atoms with Gasteiger partial charge < -0.3 is 14.9 Å². The summed E-state index contributed by atoms with van der Waals surface area (Å²) in [6, 6.07) is 7.18. The average molecular weight is 283 g/mol. The molecule has 0 radical (unpaired) electrons. The number of benzene rings is 1. The predicted molar refractivity (Wildman–Crippen MR) is 65.7 cm³/mol. The van der Waals surface area contributed by atoms with Crippen molar-refractivity contribution in [2.75, 3.05) is 6.54 Å². The number of aliphatic hydroxyl groups is 1. The highest BCUT2D eigenvalue weighted by atomic mass is 19.1. The first-order valence-corrected chi connectivity index (χ1v) is 6.03. The molecule has 0 bridgehead atoms. The fraction of sp³-hybridized carbons (Fsp3) is 0.385. The molecule has 20 heavy (non-hydrogen) atoms. The number of hydrogen-bond donors (Lipinski definition) is 2. The van der Waals surface area contributed by atoms with Crippen LogP contribution in [0.5, 0.6) is 0 Å². The number of carboxylic acid groups (broad SMARTS) is 1. The number of carbonyl (C=O) groups excluding carboxylic acids is 1. The largest absolute Gasteiger partial charge is 0.480 e. The number of hydrogen-bond acceptors (Lipinski definition) is 4. The van der Waals surface area contributed by atoms with Crippen LogP contribution in [0.4, 0.5) is 9.18 Å². The second-order valence-electron chi connectivity index (χ2n) is 4.48. The van der Waals surface area contributed by atoms with Gasteiger partial charge in [0.25, 0.3) is 0 Å². The minimum Gasteiger partial charge on any atom is -0.480 e. The highest BCUT2D eigenvalue weighted by Crippen LogP contribution is 2.22. The number of aliphatic carboxylic acids is 1. The lowest BCUT2D eigenvalue weighted by molar-refractivity contribution is -0.144. The summed E-state index contributed by atoms with van der Waals surface area (Å²) in [5.74, 6) is -1.46. The molecule has 0 saturated carbocycles. The number of carbonyl (C=O) groups is 2. The van der Waals surface area contributed by atoms with Gasteiger partial charge in [-0.3, -0.25) is 4.90 Å². The van der Waals surface area contributed by atoms with E-state index in [1.807, 2.05) is 0 Å². The zero-order chi connectivity index (χ0) is 14.7. The van der Waals surface area contributed by atoms with Gasteiger partial charge in [-0.25, -0.2) is 14.0 Å². The highest BCUT2D eigenvalue weighted by molar-refractivity contribution is 5.81. The fourth-order valence-corrected chi connectivity index (χ4v) is 2.06. The van der Waals surface area contributed by atoms with Crippen molar-refractivity contribution in [3.8, 4) is 0 Å². The van der Waals surface area contributed by atoms with E-state index in [0.29, 0.717) is 4.90 Å². The first-order chi connectivity index (χ1) is 9.50. The minimum atomic E-state index is -1.79. The third-order valence-electron chi connectivity index (χ3n) is 3.09. The molecule has 3 atom stereocenters. The Hall–Kier alpha value is -2.15. The molecule has 2 rings (SSSR count). The number of amides is 1. The molecule has 1 aliphatic heterocycles. The molecule has 0 aliphatic carbocycles. The number of alkyl halides is 1. The zero-order valence-corrected chi connectivity index (χ0v) is 10.5. The Morgan fingerprint density at radius 2 is 2.00 bits per heavy atom. The molecule has 1 heterocycles. The van der Waals surface area contributed by atoms with Crippen LogP contribution in [0.15, 0.2) is 30.3 Å². The zero-order valence-electron chi connectivity index (χ0n) is 10.5. The highest BCUT2D eigenvalue weighted by Gasteiger charge is 2.48. The van der Waals surface area contributed by atoms with E-state index >= 15 is 0 Å². The van der Waals surface area contributed by atoms with Crippen LogP contribution in [0.25, 0.3) is 0 Å². The maximum atomic E-state index is 13.3. The van der Waals surface area contributed by atoms with Crippen LogP contribution in [-0.4, -0.2) is 52.0 Å². The van der Waals surface area contributed by atoms with E-state index in [1.165, 1.54) is 0 Å². The van der Waals surface area contributed by atoms with Crippen LogP contribution in [-0.2, 0) is 16.1 Å². The molecule has 6 nitrogen and oxygen atoms in total. The fourth-order valence-electron chi connectivity index (χ4n) is 2.06. The van der Waals surface area contributed by atoms with E-state index < -0.39 is 36.9 Å². The molecule has 108 valence electrons. The topological polar surface area (TPSA) is 87.1 Å². The molecule has 2 N–H and O–H groups in total. The maximum Gasteiger partial charge on any atom is 0.411 e. The maximum absolute atomic E-state index is 13.3. The first kappa shape index (κ1) is 14.3. The van der Waals surface area contributed by atoms with Crippen LogP contribution < -0.4 is 0 Å². The molecule has 0 spiro atoms. The summed E-state index contributed by atoms with van der Waals surface area (Å²) in [4.78, 5) is 23.5. The number of halogens is 1. The van der Waals surface area contributed by atoms with Crippen molar-refractivity contribution >= 4 is 12.1 Å². The molecule has 0 unspecified atom stereocenters. The Morgan fingerprint density at radius 3 is 2.60 bits per heavy atom. The lowest BCUT2D eigenvalue weighted by Crippen LogP contribution is -2.45. The lowest BCUT2D eigenvalue weighted by Gasteiger charge is -2.21. The van der Waals surface area contributed by atoms with E-state index in [0.717, 1.165) is 5.56 Å². The lowest BCUT2D eigenvalue weighted by atomic mass is 10.1. The van der Waals surface area contributed by atoms with Gasteiger partial charge in [0.2, 0.25) is 0 Å². The van der Waals surface area contributed by atoms with Gasteiger partial charge in [-0.15, -0.1) is 0 Å². The van der Waals surface area contributed by atoms with E-state index in [-0.39, 0.29) is 6.61 Å². The number of nitrogens with zero attached hydrogens (tertiary/aromatic N) is 1. The van der Waals surface area contributed by atoms with E-state index in [4.69, 9.17) is 9.84 Å². The minimum absolute atomic E-state index is 0.0461.